The van der Waals surface area contributed by atoms with Crippen LogP contribution in [0.4, 0.5) is 0 Å². The van der Waals surface area contributed by atoms with Crippen LogP contribution in [0.15, 0.2) is 18.2 Å². The van der Waals surface area contributed by atoms with E-state index < -0.39 is 0 Å². The molecule has 2 unspecified atom stereocenters. The molecule has 1 aromatic rings. The van der Waals surface area contributed by atoms with Gasteiger partial charge in [-0.3, -0.25) is 11.3 Å². The molecule has 0 amide bonds. The Morgan fingerprint density at radius 3 is 2.58 bits per heavy atom. The number of hydrogen-bond donors (Lipinski definition) is 2. The van der Waals surface area contributed by atoms with Crippen molar-refractivity contribution in [2.45, 2.75) is 58.9 Å². The molecule has 0 spiro atoms. The third kappa shape index (κ3) is 5.13. The first kappa shape index (κ1) is 16.5. The van der Waals surface area contributed by atoms with E-state index in [1.54, 1.807) is 0 Å². The van der Waals surface area contributed by atoms with Crippen molar-refractivity contribution in [1.82, 2.24) is 5.43 Å². The standard InChI is InChI=1S/C16H27ClN2/c1-4-6-7-13(5-2)11-16(19-18)15-9-8-14(17)10-12(15)3/h8-10,13,16,19H,4-7,11,18H2,1-3H3. The molecule has 1 rings (SSSR count). The molecular weight excluding hydrogens is 256 g/mol. The van der Waals surface area contributed by atoms with Crippen LogP contribution in [0.5, 0.6) is 0 Å². The minimum atomic E-state index is 0.221. The zero-order valence-electron chi connectivity index (χ0n) is 12.4. The molecule has 19 heavy (non-hydrogen) atoms. The van der Waals surface area contributed by atoms with E-state index in [0.717, 1.165) is 17.4 Å². The lowest BCUT2D eigenvalue weighted by Crippen LogP contribution is -2.30. The molecule has 2 nitrogen and oxygen atoms in total. The molecule has 1 aromatic carbocycles. The molecule has 0 aliphatic carbocycles. The van der Waals surface area contributed by atoms with Crippen LogP contribution >= 0.6 is 11.6 Å². The van der Waals surface area contributed by atoms with Crippen molar-refractivity contribution in [2.24, 2.45) is 11.8 Å². The highest BCUT2D eigenvalue weighted by Gasteiger charge is 2.17. The quantitative estimate of drug-likeness (QED) is 0.533. The molecule has 0 bridgehead atoms. The van der Waals surface area contributed by atoms with E-state index in [4.69, 9.17) is 17.4 Å². The number of halogens is 1. The maximum atomic E-state index is 6.01. The first-order valence-corrected chi connectivity index (χ1v) is 7.72. The highest BCUT2D eigenvalue weighted by Crippen LogP contribution is 2.29. The van der Waals surface area contributed by atoms with Gasteiger partial charge in [-0.25, -0.2) is 0 Å². The monoisotopic (exact) mass is 282 g/mol. The molecule has 0 fully saturated rings. The van der Waals surface area contributed by atoms with Crippen molar-refractivity contribution in [1.29, 1.82) is 0 Å². The summed E-state index contributed by atoms with van der Waals surface area (Å²) in [6.07, 6.45) is 6.16. The molecule has 0 aliphatic rings. The highest BCUT2D eigenvalue weighted by molar-refractivity contribution is 6.30. The fraction of sp³-hybridized carbons (Fsp3) is 0.625. The maximum absolute atomic E-state index is 6.01. The Morgan fingerprint density at radius 1 is 1.32 bits per heavy atom. The van der Waals surface area contributed by atoms with Gasteiger partial charge in [0.05, 0.1) is 0 Å². The molecular formula is C16H27ClN2. The van der Waals surface area contributed by atoms with Gasteiger partial charge in [0, 0.05) is 11.1 Å². The van der Waals surface area contributed by atoms with Gasteiger partial charge in [-0.1, -0.05) is 57.2 Å². The van der Waals surface area contributed by atoms with Crippen molar-refractivity contribution in [3.63, 3.8) is 0 Å². The molecule has 0 saturated carbocycles. The molecule has 108 valence electrons. The summed E-state index contributed by atoms with van der Waals surface area (Å²) in [7, 11) is 0. The summed E-state index contributed by atoms with van der Waals surface area (Å²) in [5.74, 6) is 6.49. The van der Waals surface area contributed by atoms with E-state index in [-0.39, 0.29) is 6.04 Å². The lowest BCUT2D eigenvalue weighted by Gasteiger charge is -2.24. The van der Waals surface area contributed by atoms with E-state index >= 15 is 0 Å². The van der Waals surface area contributed by atoms with Gasteiger partial charge in [0.1, 0.15) is 0 Å². The Labute approximate surface area is 122 Å². The number of aryl methyl sites for hydroxylation is 1. The first-order valence-electron chi connectivity index (χ1n) is 7.34. The fourth-order valence-corrected chi connectivity index (χ4v) is 2.86. The normalized spacial score (nSPS) is 14.4. The van der Waals surface area contributed by atoms with Gasteiger partial charge in [0.15, 0.2) is 0 Å². The number of rotatable bonds is 8. The minimum absolute atomic E-state index is 0.221. The van der Waals surface area contributed by atoms with Gasteiger partial charge >= 0.3 is 0 Å². The summed E-state index contributed by atoms with van der Waals surface area (Å²) in [5.41, 5.74) is 5.45. The van der Waals surface area contributed by atoms with Gasteiger partial charge in [-0.05, 0) is 42.5 Å². The summed E-state index contributed by atoms with van der Waals surface area (Å²) >= 11 is 6.01. The topological polar surface area (TPSA) is 38.0 Å². The molecule has 2 atom stereocenters. The summed E-state index contributed by atoms with van der Waals surface area (Å²) in [6, 6.07) is 6.27. The van der Waals surface area contributed by atoms with Crippen LogP contribution in [0.3, 0.4) is 0 Å². The Morgan fingerprint density at radius 2 is 2.05 bits per heavy atom. The van der Waals surface area contributed by atoms with Crippen LogP contribution in [0.25, 0.3) is 0 Å². The average Bonchev–Trinajstić information content (AvgIpc) is 2.40. The smallest absolute Gasteiger partial charge is 0.0465 e. The molecule has 0 aromatic heterocycles. The average molecular weight is 283 g/mol. The van der Waals surface area contributed by atoms with Crippen molar-refractivity contribution in [2.75, 3.05) is 0 Å². The summed E-state index contributed by atoms with van der Waals surface area (Å²) < 4.78 is 0. The predicted octanol–water partition coefficient (Wildman–Crippen LogP) is 4.76. The molecule has 0 saturated heterocycles. The zero-order valence-corrected chi connectivity index (χ0v) is 13.1. The summed E-state index contributed by atoms with van der Waals surface area (Å²) in [4.78, 5) is 0. The van der Waals surface area contributed by atoms with Crippen LogP contribution in [-0.2, 0) is 0 Å². The highest BCUT2D eigenvalue weighted by atomic mass is 35.5. The van der Waals surface area contributed by atoms with Crippen LogP contribution < -0.4 is 11.3 Å². The number of nitrogens with two attached hydrogens (primary N) is 1. The second-order valence-corrected chi connectivity index (χ2v) is 5.81. The minimum Gasteiger partial charge on any atom is -0.271 e. The molecule has 0 radical (unpaired) electrons. The van der Waals surface area contributed by atoms with E-state index in [1.807, 2.05) is 12.1 Å². The van der Waals surface area contributed by atoms with E-state index in [9.17, 15) is 0 Å². The number of nitrogens with one attached hydrogen (secondary N) is 1. The van der Waals surface area contributed by atoms with Crippen LogP contribution in [0, 0.1) is 12.8 Å². The third-order valence-electron chi connectivity index (χ3n) is 3.92. The maximum Gasteiger partial charge on any atom is 0.0465 e. The van der Waals surface area contributed by atoms with Gasteiger partial charge in [0.2, 0.25) is 0 Å². The van der Waals surface area contributed by atoms with Crippen molar-refractivity contribution < 1.29 is 0 Å². The number of hydrogen-bond acceptors (Lipinski definition) is 2. The Hall–Kier alpha value is -0.570. The molecule has 3 N–H and O–H groups in total. The predicted molar refractivity (Wildman–Crippen MR) is 84.2 cm³/mol. The lowest BCUT2D eigenvalue weighted by atomic mass is 9.88. The van der Waals surface area contributed by atoms with Crippen LogP contribution in [0.1, 0.15) is 63.1 Å². The molecule has 0 heterocycles. The number of hydrazine groups is 1. The SMILES string of the molecule is CCCCC(CC)CC(NN)c1ccc(Cl)cc1C. The Kier molecular flexibility index (Phi) is 7.44. The largest absolute Gasteiger partial charge is 0.271 e. The summed E-state index contributed by atoms with van der Waals surface area (Å²) in [6.45, 7) is 6.61. The first-order chi connectivity index (χ1) is 9.12. The Balaban J connectivity index is 2.76. The number of benzene rings is 1. The summed E-state index contributed by atoms with van der Waals surface area (Å²) in [5, 5.41) is 0.787. The lowest BCUT2D eigenvalue weighted by molar-refractivity contribution is 0.355. The molecule has 3 heteroatoms. The van der Waals surface area contributed by atoms with E-state index in [0.29, 0.717) is 0 Å². The van der Waals surface area contributed by atoms with Gasteiger partial charge in [0.25, 0.3) is 0 Å². The van der Waals surface area contributed by atoms with Gasteiger partial charge in [-0.2, -0.15) is 0 Å². The van der Waals surface area contributed by atoms with Crippen LogP contribution in [0.2, 0.25) is 5.02 Å². The fourth-order valence-electron chi connectivity index (χ4n) is 2.63. The van der Waals surface area contributed by atoms with Crippen molar-refractivity contribution >= 4 is 11.6 Å². The van der Waals surface area contributed by atoms with E-state index in [2.05, 4.69) is 32.3 Å². The Bertz CT molecular complexity index is 379. The van der Waals surface area contributed by atoms with Gasteiger partial charge in [-0.15, -0.1) is 0 Å². The van der Waals surface area contributed by atoms with E-state index in [1.165, 1.54) is 36.8 Å². The van der Waals surface area contributed by atoms with Crippen LogP contribution in [-0.4, -0.2) is 0 Å². The third-order valence-corrected chi connectivity index (χ3v) is 4.16. The zero-order chi connectivity index (χ0) is 14.3. The van der Waals surface area contributed by atoms with Crippen molar-refractivity contribution in [3.05, 3.63) is 34.3 Å². The number of unbranched alkanes of at least 4 members (excludes halogenated alkanes) is 1. The second kappa shape index (κ2) is 8.57. The second-order valence-electron chi connectivity index (χ2n) is 5.37. The van der Waals surface area contributed by atoms with Gasteiger partial charge < -0.3 is 0 Å². The van der Waals surface area contributed by atoms with Crippen molar-refractivity contribution in [3.8, 4) is 0 Å². The molecule has 0 aliphatic heterocycles.